The summed E-state index contributed by atoms with van der Waals surface area (Å²) in [6.07, 6.45) is -1.62. The lowest BCUT2D eigenvalue weighted by atomic mass is 10.4. The highest BCUT2D eigenvalue weighted by Crippen LogP contribution is 1.91. The lowest BCUT2D eigenvalue weighted by Crippen LogP contribution is -2.41. The van der Waals surface area contributed by atoms with Gasteiger partial charge in [0.2, 0.25) is 0 Å². The normalized spacial score (nSPS) is 11.1. The van der Waals surface area contributed by atoms with Crippen LogP contribution < -0.4 is 9.44 Å². The molecule has 2 N–H and O–H groups in total. The van der Waals surface area contributed by atoms with Crippen molar-refractivity contribution in [1.29, 1.82) is 0 Å². The summed E-state index contributed by atoms with van der Waals surface area (Å²) in [5.41, 5.74) is 0. The highest BCUT2D eigenvalue weighted by molar-refractivity contribution is 7.88. The molecule has 0 aliphatic rings. The summed E-state index contributed by atoms with van der Waals surface area (Å²) < 4.78 is 35.4. The van der Waals surface area contributed by atoms with Crippen molar-refractivity contribution in [3.8, 4) is 0 Å². The van der Waals surface area contributed by atoms with Crippen LogP contribution in [0.4, 0.5) is 4.79 Å². The van der Waals surface area contributed by atoms with Crippen molar-refractivity contribution in [1.82, 2.24) is 9.44 Å². The fourth-order valence-electron chi connectivity index (χ4n) is 0.905. The molecule has 1 amide bonds. The van der Waals surface area contributed by atoms with E-state index in [0.717, 1.165) is 0 Å². The summed E-state index contributed by atoms with van der Waals surface area (Å²) in [5.74, 6) is -0.523. The van der Waals surface area contributed by atoms with Gasteiger partial charge in [-0.2, -0.15) is 13.1 Å². The second-order valence-corrected chi connectivity index (χ2v) is 5.01. The molecule has 0 aromatic carbocycles. The standard InChI is InChI=1S/C9H18N2O6S/c1-4-16-8(12)5-6-10-18(14,15)11-9(13)17-7(2)3/h7,10H,4-6H2,1-3H3,(H,11,13). The Morgan fingerprint density at radius 1 is 1.28 bits per heavy atom. The molecular formula is C9H18N2O6S. The highest BCUT2D eigenvalue weighted by atomic mass is 32.2. The first-order valence-corrected chi connectivity index (χ1v) is 6.88. The molecule has 0 aromatic rings. The van der Waals surface area contributed by atoms with E-state index in [-0.39, 0.29) is 19.6 Å². The molecule has 0 saturated carbocycles. The van der Waals surface area contributed by atoms with Crippen molar-refractivity contribution >= 4 is 22.3 Å². The fourth-order valence-corrected chi connectivity index (χ4v) is 1.62. The van der Waals surface area contributed by atoms with Crippen LogP contribution in [-0.4, -0.2) is 39.7 Å². The molecule has 0 radical (unpaired) electrons. The number of nitrogens with one attached hydrogen (secondary N) is 2. The van der Waals surface area contributed by atoms with Crippen LogP contribution in [0, 0.1) is 0 Å². The average molecular weight is 282 g/mol. The van der Waals surface area contributed by atoms with E-state index in [0.29, 0.717) is 0 Å². The van der Waals surface area contributed by atoms with Gasteiger partial charge in [0, 0.05) is 6.54 Å². The van der Waals surface area contributed by atoms with E-state index in [2.05, 4.69) is 9.47 Å². The molecule has 8 nitrogen and oxygen atoms in total. The number of rotatable bonds is 7. The zero-order valence-corrected chi connectivity index (χ0v) is 11.4. The van der Waals surface area contributed by atoms with Crippen LogP contribution in [-0.2, 0) is 24.5 Å². The zero-order chi connectivity index (χ0) is 14.2. The monoisotopic (exact) mass is 282 g/mol. The van der Waals surface area contributed by atoms with E-state index in [1.54, 1.807) is 25.5 Å². The quantitative estimate of drug-likeness (QED) is 0.631. The molecule has 0 aliphatic heterocycles. The molecule has 9 heteroatoms. The minimum atomic E-state index is -4.02. The van der Waals surface area contributed by atoms with Gasteiger partial charge < -0.3 is 9.47 Å². The van der Waals surface area contributed by atoms with Gasteiger partial charge in [0.1, 0.15) is 0 Å². The van der Waals surface area contributed by atoms with Gasteiger partial charge in [-0.15, -0.1) is 0 Å². The molecule has 106 valence electrons. The Balaban J connectivity index is 4.01. The predicted molar refractivity (Wildman–Crippen MR) is 62.9 cm³/mol. The van der Waals surface area contributed by atoms with Gasteiger partial charge in [-0.25, -0.2) is 9.52 Å². The largest absolute Gasteiger partial charge is 0.466 e. The van der Waals surface area contributed by atoms with Crippen molar-refractivity contribution < 1.29 is 27.5 Å². The SMILES string of the molecule is CCOC(=O)CCNS(=O)(=O)NC(=O)OC(C)C. The number of hydrogen-bond acceptors (Lipinski definition) is 6. The average Bonchev–Trinajstić information content (AvgIpc) is 2.14. The lowest BCUT2D eigenvalue weighted by Gasteiger charge is -2.10. The van der Waals surface area contributed by atoms with E-state index in [1.165, 1.54) is 0 Å². The Bertz CT molecular complexity index is 379. The summed E-state index contributed by atoms with van der Waals surface area (Å²) >= 11 is 0. The number of carbonyl (C=O) groups is 2. The Hall–Kier alpha value is -1.35. The Morgan fingerprint density at radius 3 is 2.39 bits per heavy atom. The van der Waals surface area contributed by atoms with Gasteiger partial charge >= 0.3 is 22.3 Å². The highest BCUT2D eigenvalue weighted by Gasteiger charge is 2.16. The second kappa shape index (κ2) is 7.88. The molecule has 0 atom stereocenters. The van der Waals surface area contributed by atoms with E-state index < -0.39 is 28.4 Å². The van der Waals surface area contributed by atoms with Crippen LogP contribution in [0.5, 0.6) is 0 Å². The first-order chi connectivity index (χ1) is 8.26. The third-order valence-corrected chi connectivity index (χ3v) is 2.51. The zero-order valence-electron chi connectivity index (χ0n) is 10.6. The van der Waals surface area contributed by atoms with Gasteiger partial charge in [0.15, 0.2) is 0 Å². The summed E-state index contributed by atoms with van der Waals surface area (Å²) in [4.78, 5) is 22.0. The molecule has 0 aliphatic carbocycles. The van der Waals surface area contributed by atoms with Crippen molar-refractivity contribution in [2.24, 2.45) is 0 Å². The maximum Gasteiger partial charge on any atom is 0.422 e. The molecule has 0 saturated heterocycles. The molecule has 0 aromatic heterocycles. The van der Waals surface area contributed by atoms with Crippen molar-refractivity contribution in [2.45, 2.75) is 33.3 Å². The third-order valence-electron chi connectivity index (χ3n) is 1.49. The van der Waals surface area contributed by atoms with Gasteiger partial charge in [0.05, 0.1) is 19.1 Å². The third kappa shape index (κ3) is 8.76. The predicted octanol–water partition coefficient (Wildman–Crippen LogP) is -0.0914. The summed E-state index contributed by atoms with van der Waals surface area (Å²) in [6, 6.07) is 0. The van der Waals surface area contributed by atoms with Crippen LogP contribution in [0.2, 0.25) is 0 Å². The maximum atomic E-state index is 11.3. The smallest absolute Gasteiger partial charge is 0.422 e. The molecular weight excluding hydrogens is 264 g/mol. The summed E-state index contributed by atoms with van der Waals surface area (Å²) in [7, 11) is -4.02. The Morgan fingerprint density at radius 2 is 1.89 bits per heavy atom. The Labute approximate surface area is 106 Å². The van der Waals surface area contributed by atoms with E-state index in [9.17, 15) is 18.0 Å². The van der Waals surface area contributed by atoms with E-state index >= 15 is 0 Å². The number of ether oxygens (including phenoxy) is 2. The van der Waals surface area contributed by atoms with E-state index in [1.807, 2.05) is 4.72 Å². The molecule has 0 heterocycles. The molecule has 0 rings (SSSR count). The van der Waals surface area contributed by atoms with Gasteiger partial charge in [0.25, 0.3) is 0 Å². The Kier molecular flexibility index (Phi) is 7.29. The molecule has 0 unspecified atom stereocenters. The van der Waals surface area contributed by atoms with Crippen molar-refractivity contribution in [3.63, 3.8) is 0 Å². The molecule has 0 spiro atoms. The van der Waals surface area contributed by atoms with Crippen LogP contribution in [0.15, 0.2) is 0 Å². The number of esters is 1. The maximum absolute atomic E-state index is 11.3. The van der Waals surface area contributed by atoms with Gasteiger partial charge in [-0.05, 0) is 20.8 Å². The van der Waals surface area contributed by atoms with Crippen LogP contribution >= 0.6 is 0 Å². The summed E-state index contributed by atoms with van der Waals surface area (Å²) in [6.45, 7) is 4.87. The van der Waals surface area contributed by atoms with Crippen molar-refractivity contribution in [2.75, 3.05) is 13.2 Å². The summed E-state index contributed by atoms with van der Waals surface area (Å²) in [5, 5.41) is 0. The number of amides is 1. The lowest BCUT2D eigenvalue weighted by molar-refractivity contribution is -0.142. The number of hydrogen-bond donors (Lipinski definition) is 2. The molecule has 0 fully saturated rings. The van der Waals surface area contributed by atoms with Crippen LogP contribution in [0.1, 0.15) is 27.2 Å². The second-order valence-electron chi connectivity index (χ2n) is 3.51. The minimum absolute atomic E-state index is 0.117. The van der Waals surface area contributed by atoms with Crippen molar-refractivity contribution in [3.05, 3.63) is 0 Å². The van der Waals surface area contributed by atoms with E-state index in [4.69, 9.17) is 0 Å². The van der Waals surface area contributed by atoms with Gasteiger partial charge in [-0.1, -0.05) is 0 Å². The van der Waals surface area contributed by atoms with Crippen LogP contribution in [0.3, 0.4) is 0 Å². The topological polar surface area (TPSA) is 111 Å². The van der Waals surface area contributed by atoms with Gasteiger partial charge in [-0.3, -0.25) is 4.79 Å². The number of carbonyl (C=O) groups excluding carboxylic acids is 2. The van der Waals surface area contributed by atoms with Crippen LogP contribution in [0.25, 0.3) is 0 Å². The molecule has 18 heavy (non-hydrogen) atoms. The first-order valence-electron chi connectivity index (χ1n) is 5.40. The molecule has 0 bridgehead atoms. The minimum Gasteiger partial charge on any atom is -0.466 e. The first kappa shape index (κ1) is 16.6. The fraction of sp³-hybridized carbons (Fsp3) is 0.778.